The molecule has 12 heteroatoms. The number of hydrogen-bond donors (Lipinski definition) is 2. The normalized spacial score (nSPS) is 16.6. The molecule has 2 aromatic carbocycles. The second-order valence-corrected chi connectivity index (χ2v) is 10.4. The van der Waals surface area contributed by atoms with Crippen LogP contribution in [0.4, 0.5) is 25.8 Å². The molecule has 2 aliphatic rings. The van der Waals surface area contributed by atoms with Crippen LogP contribution in [0, 0.1) is 11.6 Å². The quantitative estimate of drug-likeness (QED) is 0.339. The molecule has 1 spiro atoms. The number of nitrogens with one attached hydrogen (secondary N) is 1. The summed E-state index contributed by atoms with van der Waals surface area (Å²) < 4.78 is 40.3. The molecule has 0 atom stereocenters. The van der Waals surface area contributed by atoms with E-state index in [4.69, 9.17) is 15.2 Å². The third-order valence-electron chi connectivity index (χ3n) is 6.83. The molecule has 2 fully saturated rings. The van der Waals surface area contributed by atoms with Crippen LogP contribution in [0.25, 0.3) is 10.6 Å². The van der Waals surface area contributed by atoms with Gasteiger partial charge in [0.05, 0.1) is 37.3 Å². The number of piperidine rings is 1. The van der Waals surface area contributed by atoms with Gasteiger partial charge in [0.15, 0.2) is 5.79 Å². The van der Waals surface area contributed by atoms with E-state index in [-0.39, 0.29) is 18.1 Å². The summed E-state index contributed by atoms with van der Waals surface area (Å²) in [4.78, 5) is 19.8. The molecule has 2 saturated heterocycles. The van der Waals surface area contributed by atoms with Crippen LogP contribution in [0.3, 0.4) is 0 Å². The van der Waals surface area contributed by atoms with Crippen LogP contribution >= 0.6 is 11.3 Å². The first-order valence-electron chi connectivity index (χ1n) is 12.5. The minimum absolute atomic E-state index is 0.196. The van der Waals surface area contributed by atoms with Crippen LogP contribution in [0.5, 0.6) is 0 Å². The van der Waals surface area contributed by atoms with Gasteiger partial charge in [-0.3, -0.25) is 9.48 Å². The number of aromatic nitrogens is 3. The van der Waals surface area contributed by atoms with Crippen molar-refractivity contribution in [3.8, 4) is 10.6 Å². The number of nitrogens with two attached hydrogens (primary N) is 1. The molecule has 2 aliphatic heterocycles. The maximum atomic E-state index is 13.5. The highest BCUT2D eigenvalue weighted by Gasteiger charge is 2.40. The molecule has 6 rings (SSSR count). The molecule has 4 aromatic rings. The highest BCUT2D eigenvalue weighted by atomic mass is 32.1. The average Bonchev–Trinajstić information content (AvgIpc) is 3.66. The Morgan fingerprint density at radius 2 is 1.85 bits per heavy atom. The van der Waals surface area contributed by atoms with Crippen molar-refractivity contribution in [2.45, 2.75) is 25.2 Å². The molecule has 0 unspecified atom stereocenters. The minimum atomic E-state index is -0.641. The Kier molecular flexibility index (Phi) is 6.75. The van der Waals surface area contributed by atoms with Crippen LogP contribution in [-0.4, -0.2) is 52.8 Å². The first-order chi connectivity index (χ1) is 18.9. The second kappa shape index (κ2) is 10.4. The van der Waals surface area contributed by atoms with Crippen molar-refractivity contribution < 1.29 is 23.0 Å². The van der Waals surface area contributed by atoms with Crippen molar-refractivity contribution in [1.29, 1.82) is 0 Å². The van der Waals surface area contributed by atoms with Crippen LogP contribution in [-0.2, 0) is 16.0 Å². The molecule has 1 amide bonds. The fourth-order valence-corrected chi connectivity index (χ4v) is 5.73. The van der Waals surface area contributed by atoms with Gasteiger partial charge in [-0.25, -0.2) is 13.8 Å². The van der Waals surface area contributed by atoms with E-state index in [2.05, 4.69) is 20.3 Å². The molecule has 202 valence electrons. The van der Waals surface area contributed by atoms with E-state index in [1.807, 2.05) is 12.1 Å². The Labute approximate surface area is 227 Å². The van der Waals surface area contributed by atoms with E-state index in [9.17, 15) is 13.6 Å². The Bertz CT molecular complexity index is 1490. The van der Waals surface area contributed by atoms with E-state index in [0.717, 1.165) is 37.7 Å². The van der Waals surface area contributed by atoms with Gasteiger partial charge in [0.25, 0.3) is 5.91 Å². The minimum Gasteiger partial charge on any atom is -0.399 e. The van der Waals surface area contributed by atoms with Crippen molar-refractivity contribution in [3.05, 3.63) is 77.1 Å². The molecule has 0 aliphatic carbocycles. The second-order valence-electron chi connectivity index (χ2n) is 9.57. The number of nitrogens with zero attached hydrogens (tertiary/aromatic N) is 4. The topological polar surface area (TPSA) is 108 Å². The van der Waals surface area contributed by atoms with Crippen LogP contribution in [0.1, 0.15) is 28.9 Å². The van der Waals surface area contributed by atoms with E-state index in [1.54, 1.807) is 28.5 Å². The predicted molar refractivity (Wildman–Crippen MR) is 144 cm³/mol. The Morgan fingerprint density at radius 3 is 2.59 bits per heavy atom. The molecular weight excluding hydrogens is 526 g/mol. The summed E-state index contributed by atoms with van der Waals surface area (Å²) in [6.45, 7) is 2.88. The van der Waals surface area contributed by atoms with Crippen molar-refractivity contribution >= 4 is 34.3 Å². The van der Waals surface area contributed by atoms with E-state index in [1.165, 1.54) is 23.5 Å². The van der Waals surface area contributed by atoms with Gasteiger partial charge in [-0.15, -0.1) is 11.3 Å². The standard InChI is InChI=1S/C27H26F2N6O3S/c28-19-9-17(10-20(29)11-19)14-35-15-18(13-31-35)26-33-23(16-39-26)25(36)32-22-12-21(30)1-2-24(22)34-5-3-27(4-6-34)37-7-8-38-27/h1-2,9-13,15-16H,3-8,14,30H2,(H,32,36). The van der Waals surface area contributed by atoms with E-state index in [0.29, 0.717) is 40.7 Å². The lowest BCUT2D eigenvalue weighted by Gasteiger charge is -2.39. The molecule has 4 heterocycles. The molecule has 2 aromatic heterocycles. The highest BCUT2D eigenvalue weighted by molar-refractivity contribution is 7.13. The number of benzene rings is 2. The zero-order chi connectivity index (χ0) is 27.0. The third-order valence-corrected chi connectivity index (χ3v) is 7.72. The number of anilines is 3. The first-order valence-corrected chi connectivity index (χ1v) is 13.4. The Hall–Kier alpha value is -3.87. The van der Waals surface area contributed by atoms with Gasteiger partial charge >= 0.3 is 0 Å². The van der Waals surface area contributed by atoms with E-state index < -0.39 is 17.4 Å². The Balaban J connectivity index is 1.14. The summed E-state index contributed by atoms with van der Waals surface area (Å²) in [6.07, 6.45) is 4.80. The predicted octanol–water partition coefficient (Wildman–Crippen LogP) is 4.51. The average molecular weight is 553 g/mol. The number of thiazole rings is 1. The van der Waals surface area contributed by atoms with Crippen LogP contribution in [0.15, 0.2) is 54.2 Å². The fraction of sp³-hybridized carbons (Fsp3) is 0.296. The van der Waals surface area contributed by atoms with Crippen molar-refractivity contribution in [2.24, 2.45) is 0 Å². The molecule has 0 radical (unpaired) electrons. The maximum Gasteiger partial charge on any atom is 0.275 e. The zero-order valence-electron chi connectivity index (χ0n) is 20.9. The lowest BCUT2D eigenvalue weighted by molar-refractivity contribution is -0.169. The van der Waals surface area contributed by atoms with Gasteiger partial charge in [-0.2, -0.15) is 5.10 Å². The number of carbonyl (C=O) groups is 1. The van der Waals surface area contributed by atoms with Crippen LogP contribution in [0.2, 0.25) is 0 Å². The largest absolute Gasteiger partial charge is 0.399 e. The van der Waals surface area contributed by atoms with Crippen molar-refractivity contribution in [1.82, 2.24) is 14.8 Å². The molecule has 0 saturated carbocycles. The summed E-state index contributed by atoms with van der Waals surface area (Å²) in [7, 11) is 0. The van der Waals surface area contributed by atoms with E-state index >= 15 is 0 Å². The zero-order valence-corrected chi connectivity index (χ0v) is 21.7. The van der Waals surface area contributed by atoms with Gasteiger partial charge in [-0.1, -0.05) is 0 Å². The van der Waals surface area contributed by atoms with Gasteiger partial charge < -0.3 is 25.4 Å². The van der Waals surface area contributed by atoms with Crippen molar-refractivity contribution in [2.75, 3.05) is 42.3 Å². The molecule has 9 nitrogen and oxygen atoms in total. The lowest BCUT2D eigenvalue weighted by atomic mass is 10.0. The fourth-order valence-electron chi connectivity index (χ4n) is 4.95. The molecule has 0 bridgehead atoms. The first kappa shape index (κ1) is 25.4. The van der Waals surface area contributed by atoms with Crippen molar-refractivity contribution in [3.63, 3.8) is 0 Å². The number of carbonyl (C=O) groups excluding carboxylic acids is 1. The highest BCUT2D eigenvalue weighted by Crippen LogP contribution is 2.36. The molecular formula is C27H26F2N6O3S. The number of halogens is 2. The third kappa shape index (κ3) is 5.49. The summed E-state index contributed by atoms with van der Waals surface area (Å²) in [5.74, 6) is -2.14. The monoisotopic (exact) mass is 552 g/mol. The number of amides is 1. The van der Waals surface area contributed by atoms with Gasteiger partial charge in [0, 0.05) is 54.8 Å². The molecule has 39 heavy (non-hydrogen) atoms. The van der Waals surface area contributed by atoms with Crippen LogP contribution < -0.4 is 16.0 Å². The smallest absolute Gasteiger partial charge is 0.275 e. The number of nitrogen functional groups attached to an aromatic ring is 1. The number of ether oxygens (including phenoxy) is 2. The summed E-state index contributed by atoms with van der Waals surface area (Å²) in [6, 6.07) is 8.82. The maximum absolute atomic E-state index is 13.5. The lowest BCUT2D eigenvalue weighted by Crippen LogP contribution is -2.45. The van der Waals surface area contributed by atoms with Gasteiger partial charge in [0.2, 0.25) is 0 Å². The van der Waals surface area contributed by atoms with Gasteiger partial charge in [-0.05, 0) is 35.9 Å². The summed E-state index contributed by atoms with van der Waals surface area (Å²) in [5.41, 5.74) is 9.46. The summed E-state index contributed by atoms with van der Waals surface area (Å²) >= 11 is 1.30. The number of rotatable bonds is 6. The van der Waals surface area contributed by atoms with Gasteiger partial charge in [0.1, 0.15) is 22.3 Å². The SMILES string of the molecule is Nc1ccc(N2CCC3(CC2)OCCO3)c(NC(=O)c2csc(-c3cnn(Cc4cc(F)cc(F)c4)c3)n2)c1. The Morgan fingerprint density at radius 1 is 1.10 bits per heavy atom. The summed E-state index contributed by atoms with van der Waals surface area (Å²) in [5, 5.41) is 9.51. The molecule has 3 N–H and O–H groups in total. The number of hydrogen-bond acceptors (Lipinski definition) is 8.